The van der Waals surface area contributed by atoms with E-state index in [-0.39, 0.29) is 6.61 Å². The molecule has 94 valence electrons. The van der Waals surface area contributed by atoms with E-state index in [4.69, 9.17) is 5.73 Å². The average Bonchev–Trinajstić information content (AvgIpc) is 2.26. The van der Waals surface area contributed by atoms with Crippen LogP contribution in [0.2, 0.25) is 0 Å². The monoisotopic (exact) mass is 298 g/mol. The maximum atomic E-state index is 9.20. The Morgan fingerprint density at radius 1 is 1.41 bits per heavy atom. The van der Waals surface area contributed by atoms with Crippen LogP contribution in [0.25, 0.3) is 0 Å². The van der Waals surface area contributed by atoms with Crippen LogP contribution in [0, 0.1) is 0 Å². The summed E-state index contributed by atoms with van der Waals surface area (Å²) in [5.74, 6) is 0. The van der Waals surface area contributed by atoms with Gasteiger partial charge >= 0.3 is 0 Å². The van der Waals surface area contributed by atoms with Crippen molar-refractivity contribution in [3.63, 3.8) is 0 Å². The molecule has 1 saturated carbocycles. The summed E-state index contributed by atoms with van der Waals surface area (Å²) in [4.78, 5) is 2.30. The maximum Gasteiger partial charge on any atom is 0.0606 e. The van der Waals surface area contributed by atoms with Gasteiger partial charge in [-0.05, 0) is 43.0 Å². The maximum absolute atomic E-state index is 9.20. The molecule has 3 nitrogen and oxygen atoms in total. The van der Waals surface area contributed by atoms with Crippen LogP contribution in [-0.4, -0.2) is 24.3 Å². The number of halogens is 1. The van der Waals surface area contributed by atoms with Gasteiger partial charge in [0.2, 0.25) is 0 Å². The van der Waals surface area contributed by atoms with Crippen LogP contribution in [-0.2, 0) is 6.54 Å². The number of rotatable bonds is 5. The highest BCUT2D eigenvalue weighted by atomic mass is 79.9. The molecule has 2 rings (SSSR count). The molecule has 0 atom stereocenters. The van der Waals surface area contributed by atoms with Crippen molar-refractivity contribution in [2.24, 2.45) is 5.73 Å². The third-order valence-electron chi connectivity index (χ3n) is 3.43. The third kappa shape index (κ3) is 2.81. The van der Waals surface area contributed by atoms with Crippen molar-refractivity contribution in [2.45, 2.75) is 31.8 Å². The predicted molar refractivity (Wildman–Crippen MR) is 74.1 cm³/mol. The highest BCUT2D eigenvalue weighted by Gasteiger charge is 2.25. The zero-order chi connectivity index (χ0) is 12.3. The van der Waals surface area contributed by atoms with Crippen LogP contribution in [0.3, 0.4) is 0 Å². The predicted octanol–water partition coefficient (Wildman–Crippen LogP) is 2.26. The number of anilines is 1. The van der Waals surface area contributed by atoms with E-state index in [0.29, 0.717) is 19.1 Å². The number of nitrogens with zero attached hydrogens (tertiary/aromatic N) is 1. The molecule has 0 amide bonds. The van der Waals surface area contributed by atoms with Crippen LogP contribution in [0.1, 0.15) is 24.8 Å². The number of nitrogens with two attached hydrogens (primary N) is 1. The molecule has 1 aromatic rings. The van der Waals surface area contributed by atoms with E-state index in [1.165, 1.54) is 24.9 Å². The lowest BCUT2D eigenvalue weighted by atomic mass is 9.90. The standard InChI is InChI=1S/C13H19BrN2O/c14-11-4-5-13(10(8-11)9-15)16(6-7-17)12-2-1-3-12/h4-5,8,12,17H,1-3,6-7,9,15H2. The fourth-order valence-electron chi connectivity index (χ4n) is 2.30. The van der Waals surface area contributed by atoms with Gasteiger partial charge in [-0.1, -0.05) is 15.9 Å². The van der Waals surface area contributed by atoms with E-state index in [2.05, 4.69) is 33.0 Å². The number of benzene rings is 1. The van der Waals surface area contributed by atoms with Crippen molar-refractivity contribution in [1.29, 1.82) is 0 Å². The van der Waals surface area contributed by atoms with Crippen LogP contribution in [0.15, 0.2) is 22.7 Å². The van der Waals surface area contributed by atoms with Crippen molar-refractivity contribution in [1.82, 2.24) is 0 Å². The molecular formula is C13H19BrN2O. The molecule has 0 heterocycles. The smallest absolute Gasteiger partial charge is 0.0606 e. The topological polar surface area (TPSA) is 49.5 Å². The summed E-state index contributed by atoms with van der Waals surface area (Å²) < 4.78 is 1.05. The van der Waals surface area contributed by atoms with Crippen LogP contribution in [0.5, 0.6) is 0 Å². The first-order valence-electron chi connectivity index (χ1n) is 6.12. The summed E-state index contributed by atoms with van der Waals surface area (Å²) >= 11 is 3.47. The Morgan fingerprint density at radius 3 is 2.71 bits per heavy atom. The number of aliphatic hydroxyl groups is 1. The molecular weight excluding hydrogens is 280 g/mol. The van der Waals surface area contributed by atoms with Crippen LogP contribution < -0.4 is 10.6 Å². The SMILES string of the molecule is NCc1cc(Br)ccc1N(CCO)C1CCC1. The minimum atomic E-state index is 0.191. The van der Waals surface area contributed by atoms with E-state index >= 15 is 0 Å². The van der Waals surface area contributed by atoms with Gasteiger partial charge in [-0.25, -0.2) is 0 Å². The molecule has 1 fully saturated rings. The Kier molecular flexibility index (Phi) is 4.42. The van der Waals surface area contributed by atoms with Crippen LogP contribution >= 0.6 is 15.9 Å². The molecule has 1 aromatic carbocycles. The summed E-state index contributed by atoms with van der Waals surface area (Å²) in [6, 6.07) is 6.78. The minimum absolute atomic E-state index is 0.191. The second-order valence-electron chi connectivity index (χ2n) is 4.48. The Labute approximate surface area is 111 Å². The van der Waals surface area contributed by atoms with Gasteiger partial charge in [-0.15, -0.1) is 0 Å². The van der Waals surface area contributed by atoms with Crippen molar-refractivity contribution in [2.75, 3.05) is 18.1 Å². The Morgan fingerprint density at radius 2 is 2.18 bits per heavy atom. The molecule has 1 aliphatic carbocycles. The quantitative estimate of drug-likeness (QED) is 0.877. The van der Waals surface area contributed by atoms with Crippen molar-refractivity contribution < 1.29 is 5.11 Å². The first kappa shape index (κ1) is 12.9. The summed E-state index contributed by atoms with van der Waals surface area (Å²) in [6.07, 6.45) is 3.74. The van der Waals surface area contributed by atoms with E-state index in [9.17, 15) is 5.11 Å². The zero-order valence-electron chi connectivity index (χ0n) is 9.90. The highest BCUT2D eigenvalue weighted by molar-refractivity contribution is 9.10. The summed E-state index contributed by atoms with van der Waals surface area (Å²) in [5.41, 5.74) is 8.12. The van der Waals surface area contributed by atoms with E-state index in [1.54, 1.807) is 0 Å². The summed E-state index contributed by atoms with van der Waals surface area (Å²) in [7, 11) is 0. The van der Waals surface area contributed by atoms with Crippen molar-refractivity contribution >= 4 is 21.6 Å². The molecule has 0 spiro atoms. The fraction of sp³-hybridized carbons (Fsp3) is 0.538. The first-order chi connectivity index (χ1) is 8.26. The molecule has 0 unspecified atom stereocenters. The van der Waals surface area contributed by atoms with E-state index < -0.39 is 0 Å². The van der Waals surface area contributed by atoms with Gasteiger partial charge in [-0.2, -0.15) is 0 Å². The van der Waals surface area contributed by atoms with Gasteiger partial charge in [0.25, 0.3) is 0 Å². The number of hydrogen-bond donors (Lipinski definition) is 2. The molecule has 17 heavy (non-hydrogen) atoms. The van der Waals surface area contributed by atoms with Gasteiger partial charge < -0.3 is 15.7 Å². The number of hydrogen-bond acceptors (Lipinski definition) is 3. The lowest BCUT2D eigenvalue weighted by molar-refractivity contribution is 0.283. The normalized spacial score (nSPS) is 15.7. The minimum Gasteiger partial charge on any atom is -0.395 e. The Balaban J connectivity index is 2.27. The second kappa shape index (κ2) is 5.85. The van der Waals surface area contributed by atoms with Gasteiger partial charge in [0.1, 0.15) is 0 Å². The van der Waals surface area contributed by atoms with E-state index in [0.717, 1.165) is 10.0 Å². The van der Waals surface area contributed by atoms with E-state index in [1.807, 2.05) is 6.07 Å². The zero-order valence-corrected chi connectivity index (χ0v) is 11.5. The second-order valence-corrected chi connectivity index (χ2v) is 5.39. The third-order valence-corrected chi connectivity index (χ3v) is 3.92. The molecule has 4 heteroatoms. The molecule has 3 N–H and O–H groups in total. The van der Waals surface area contributed by atoms with Crippen molar-refractivity contribution in [3.05, 3.63) is 28.2 Å². The lowest BCUT2D eigenvalue weighted by Crippen LogP contribution is -2.42. The molecule has 0 radical (unpaired) electrons. The van der Waals surface area contributed by atoms with Gasteiger partial charge in [0, 0.05) is 29.3 Å². The first-order valence-corrected chi connectivity index (χ1v) is 6.91. The summed E-state index contributed by atoms with van der Waals surface area (Å²) in [5, 5.41) is 9.20. The van der Waals surface area contributed by atoms with Gasteiger partial charge in [-0.3, -0.25) is 0 Å². The fourth-order valence-corrected chi connectivity index (χ4v) is 2.71. The largest absolute Gasteiger partial charge is 0.395 e. The van der Waals surface area contributed by atoms with Crippen LogP contribution in [0.4, 0.5) is 5.69 Å². The summed E-state index contributed by atoms with van der Waals surface area (Å²) in [6.45, 7) is 1.42. The molecule has 0 saturated heterocycles. The molecule has 1 aliphatic rings. The Hall–Kier alpha value is -0.580. The lowest BCUT2D eigenvalue weighted by Gasteiger charge is -2.40. The highest BCUT2D eigenvalue weighted by Crippen LogP contribution is 2.32. The van der Waals surface area contributed by atoms with Crippen molar-refractivity contribution in [3.8, 4) is 0 Å². The van der Waals surface area contributed by atoms with Gasteiger partial charge in [0.05, 0.1) is 6.61 Å². The van der Waals surface area contributed by atoms with Gasteiger partial charge in [0.15, 0.2) is 0 Å². The molecule has 0 aliphatic heterocycles. The average molecular weight is 299 g/mol. The molecule has 0 bridgehead atoms. The number of aliphatic hydroxyl groups excluding tert-OH is 1. The molecule has 0 aromatic heterocycles. The Bertz CT molecular complexity index is 380.